The van der Waals surface area contributed by atoms with Crippen LogP contribution in [0, 0.1) is 0 Å². The second-order valence-electron chi connectivity index (χ2n) is 8.59. The molecule has 4 heterocycles. The molecular weight excluding hydrogens is 611 g/mol. The topological polar surface area (TPSA) is 82.4 Å². The van der Waals surface area contributed by atoms with Gasteiger partial charge in [-0.2, -0.15) is 0 Å². The number of ether oxygens (including phenoxy) is 2. The normalized spacial score (nSPS) is 14.7. The van der Waals surface area contributed by atoms with Crippen LogP contribution in [0.2, 0.25) is 4.34 Å². The van der Waals surface area contributed by atoms with Gasteiger partial charge >= 0.3 is 6.36 Å². The summed E-state index contributed by atoms with van der Waals surface area (Å²) in [5.74, 6) is -0.540. The molecule has 0 saturated carbocycles. The molecule has 0 radical (unpaired) electrons. The molecule has 0 unspecified atom stereocenters. The van der Waals surface area contributed by atoms with Gasteiger partial charge in [-0.25, -0.2) is 15.0 Å². The number of benzene rings is 1. The van der Waals surface area contributed by atoms with Gasteiger partial charge in [0.25, 0.3) is 0 Å². The second-order valence-corrected chi connectivity index (χ2v) is 11.1. The summed E-state index contributed by atoms with van der Waals surface area (Å²) in [6.07, 6.45) is -0.239. The molecule has 1 aliphatic rings. The molecule has 0 bridgehead atoms. The molecule has 3 aromatic heterocycles. The first-order valence-corrected chi connectivity index (χ1v) is 13.4. The number of nitrogens with zero attached hydrogens (tertiary/aromatic N) is 5. The average molecular weight is 631 g/mol. The predicted octanol–water partition coefficient (Wildman–Crippen LogP) is 6.28. The number of likely N-dealkylation sites (tertiary alicyclic amines) is 1. The number of amides is 1. The quantitative estimate of drug-likeness (QED) is 0.249. The van der Waals surface area contributed by atoms with E-state index in [2.05, 4.69) is 35.6 Å². The standard InChI is InChI=1S/C24H20BrClF3N5O3S/c1-36-20-15(25)9-14(10-17(20)37-24(27,28)29)19-21(26)38-23(32-19)13-4-7-33(8-5-13)18(35)11-34-12-31-16-3-2-6-30-22(16)34/h2-3,6,9-10,12-13H,4-5,7-8,11H2,1H3. The third-order valence-electron chi connectivity index (χ3n) is 6.19. The Bertz CT molecular complexity index is 1490. The van der Waals surface area contributed by atoms with Gasteiger partial charge in [0.05, 0.1) is 22.9 Å². The number of halogens is 5. The molecule has 0 aliphatic carbocycles. The van der Waals surface area contributed by atoms with E-state index in [0.29, 0.717) is 47.2 Å². The van der Waals surface area contributed by atoms with E-state index in [1.807, 2.05) is 11.0 Å². The minimum atomic E-state index is -4.89. The van der Waals surface area contributed by atoms with Crippen LogP contribution < -0.4 is 9.47 Å². The third-order valence-corrected chi connectivity index (χ3v) is 8.20. The maximum atomic E-state index is 12.9. The predicted molar refractivity (Wildman–Crippen MR) is 140 cm³/mol. The van der Waals surface area contributed by atoms with E-state index >= 15 is 0 Å². The van der Waals surface area contributed by atoms with Crippen molar-refractivity contribution in [2.75, 3.05) is 20.2 Å². The minimum absolute atomic E-state index is 0.0217. The van der Waals surface area contributed by atoms with Crippen molar-refractivity contribution >= 4 is 55.9 Å². The Morgan fingerprint density at radius 2 is 2.03 bits per heavy atom. The van der Waals surface area contributed by atoms with Crippen LogP contribution in [0.15, 0.2) is 41.3 Å². The van der Waals surface area contributed by atoms with E-state index in [4.69, 9.17) is 16.3 Å². The van der Waals surface area contributed by atoms with Gasteiger partial charge in [-0.15, -0.1) is 24.5 Å². The van der Waals surface area contributed by atoms with Crippen LogP contribution in [-0.2, 0) is 11.3 Å². The second kappa shape index (κ2) is 10.7. The summed E-state index contributed by atoms with van der Waals surface area (Å²) in [6, 6.07) is 6.43. The fourth-order valence-electron chi connectivity index (χ4n) is 4.41. The summed E-state index contributed by atoms with van der Waals surface area (Å²) < 4.78 is 50.4. The number of thiazole rings is 1. The fraction of sp³-hybridized carbons (Fsp3) is 0.333. The number of rotatable bonds is 6. The number of pyridine rings is 1. The number of imidazole rings is 1. The maximum absolute atomic E-state index is 12.9. The monoisotopic (exact) mass is 629 g/mol. The maximum Gasteiger partial charge on any atom is 0.573 e. The van der Waals surface area contributed by atoms with Gasteiger partial charge in [0.2, 0.25) is 5.91 Å². The van der Waals surface area contributed by atoms with E-state index in [1.54, 1.807) is 29.2 Å². The lowest BCUT2D eigenvalue weighted by Crippen LogP contribution is -2.39. The lowest BCUT2D eigenvalue weighted by atomic mass is 9.97. The Labute approximate surface area is 232 Å². The number of piperidine rings is 1. The van der Waals surface area contributed by atoms with E-state index < -0.39 is 12.1 Å². The summed E-state index contributed by atoms with van der Waals surface area (Å²) in [7, 11) is 1.25. The minimum Gasteiger partial charge on any atom is -0.492 e. The van der Waals surface area contributed by atoms with Crippen molar-refractivity contribution in [3.8, 4) is 22.8 Å². The Kier molecular flexibility index (Phi) is 7.51. The molecule has 200 valence electrons. The number of carbonyl (C=O) groups is 1. The summed E-state index contributed by atoms with van der Waals surface area (Å²) in [5.41, 5.74) is 2.12. The number of hydrogen-bond acceptors (Lipinski definition) is 7. The smallest absolute Gasteiger partial charge is 0.492 e. The summed E-state index contributed by atoms with van der Waals surface area (Å²) in [5, 5.41) is 0.770. The van der Waals surface area contributed by atoms with Crippen molar-refractivity contribution in [1.29, 1.82) is 0 Å². The number of alkyl halides is 3. The van der Waals surface area contributed by atoms with E-state index in [1.165, 1.54) is 24.5 Å². The van der Waals surface area contributed by atoms with Gasteiger partial charge in [0.1, 0.15) is 22.1 Å². The highest BCUT2D eigenvalue weighted by atomic mass is 79.9. The molecule has 0 atom stereocenters. The number of carbonyl (C=O) groups excluding carboxylic acids is 1. The van der Waals surface area contributed by atoms with Gasteiger partial charge in [-0.3, -0.25) is 4.79 Å². The van der Waals surface area contributed by atoms with E-state index in [0.717, 1.165) is 10.5 Å². The van der Waals surface area contributed by atoms with E-state index in [9.17, 15) is 18.0 Å². The molecule has 1 amide bonds. The molecule has 1 aliphatic heterocycles. The number of fused-ring (bicyclic) bond motifs is 1. The number of aromatic nitrogens is 4. The Hall–Kier alpha value is -2.90. The largest absolute Gasteiger partial charge is 0.573 e. The Balaban J connectivity index is 1.28. The van der Waals surface area contributed by atoms with Crippen LogP contribution in [0.1, 0.15) is 23.8 Å². The molecular formula is C24H20BrClF3N5O3S. The van der Waals surface area contributed by atoms with Crippen molar-refractivity contribution in [2.24, 2.45) is 0 Å². The van der Waals surface area contributed by atoms with Crippen molar-refractivity contribution in [3.63, 3.8) is 0 Å². The molecule has 1 saturated heterocycles. The molecule has 38 heavy (non-hydrogen) atoms. The van der Waals surface area contributed by atoms with Crippen LogP contribution in [0.5, 0.6) is 11.5 Å². The van der Waals surface area contributed by atoms with Gasteiger partial charge in [0, 0.05) is 30.8 Å². The zero-order valence-electron chi connectivity index (χ0n) is 19.8. The van der Waals surface area contributed by atoms with Crippen LogP contribution in [0.25, 0.3) is 22.4 Å². The summed E-state index contributed by atoms with van der Waals surface area (Å²) >= 11 is 11.0. The first kappa shape index (κ1) is 26.7. The lowest BCUT2D eigenvalue weighted by molar-refractivity contribution is -0.275. The molecule has 0 spiro atoms. The molecule has 14 heteroatoms. The van der Waals surface area contributed by atoms with E-state index in [-0.39, 0.29) is 28.6 Å². The van der Waals surface area contributed by atoms with Gasteiger partial charge in [0.15, 0.2) is 17.1 Å². The van der Waals surface area contributed by atoms with Gasteiger partial charge < -0.3 is 18.9 Å². The lowest BCUT2D eigenvalue weighted by Gasteiger charge is -2.31. The van der Waals surface area contributed by atoms with Gasteiger partial charge in [-0.1, -0.05) is 11.6 Å². The molecule has 4 aromatic rings. The van der Waals surface area contributed by atoms with Crippen molar-refractivity contribution in [2.45, 2.75) is 31.7 Å². The zero-order valence-corrected chi connectivity index (χ0v) is 23.0. The first-order valence-electron chi connectivity index (χ1n) is 11.5. The van der Waals surface area contributed by atoms with Crippen molar-refractivity contribution in [1.82, 2.24) is 24.4 Å². The molecule has 1 fully saturated rings. The number of hydrogen-bond donors (Lipinski definition) is 0. The Morgan fingerprint density at radius 1 is 1.26 bits per heavy atom. The zero-order chi connectivity index (χ0) is 27.0. The summed E-state index contributed by atoms with van der Waals surface area (Å²) in [6.45, 7) is 1.25. The third kappa shape index (κ3) is 5.59. The summed E-state index contributed by atoms with van der Waals surface area (Å²) in [4.78, 5) is 28.0. The molecule has 8 nitrogen and oxygen atoms in total. The highest BCUT2D eigenvalue weighted by Crippen LogP contribution is 2.45. The highest BCUT2D eigenvalue weighted by molar-refractivity contribution is 9.10. The van der Waals surface area contributed by atoms with Crippen molar-refractivity contribution < 1.29 is 27.4 Å². The fourth-order valence-corrected chi connectivity index (χ4v) is 6.38. The van der Waals surface area contributed by atoms with Crippen molar-refractivity contribution in [3.05, 3.63) is 50.6 Å². The average Bonchev–Trinajstić information content (AvgIpc) is 3.46. The molecule has 5 rings (SSSR count). The van der Waals surface area contributed by atoms with Crippen LogP contribution in [0.3, 0.4) is 0 Å². The SMILES string of the molecule is COc1c(Br)cc(-c2nc(C3CCN(C(=O)Cn4cnc5cccnc54)CC3)sc2Cl)cc1OC(F)(F)F. The van der Waals surface area contributed by atoms with Crippen LogP contribution in [0.4, 0.5) is 13.2 Å². The first-order chi connectivity index (χ1) is 18.1. The van der Waals surface area contributed by atoms with Crippen LogP contribution in [-0.4, -0.2) is 56.9 Å². The molecule has 0 N–H and O–H groups in total. The highest BCUT2D eigenvalue weighted by Gasteiger charge is 2.34. The number of methoxy groups -OCH3 is 1. The molecule has 1 aromatic carbocycles. The van der Waals surface area contributed by atoms with Crippen LogP contribution >= 0.6 is 38.9 Å². The Morgan fingerprint density at radius 3 is 2.74 bits per heavy atom. The van der Waals surface area contributed by atoms with Gasteiger partial charge in [-0.05, 0) is 53.0 Å².